The van der Waals surface area contributed by atoms with Gasteiger partial charge in [-0.15, -0.1) is 11.3 Å². The van der Waals surface area contributed by atoms with Crippen LogP contribution < -0.4 is 0 Å². The van der Waals surface area contributed by atoms with Crippen molar-refractivity contribution in [2.75, 3.05) is 0 Å². The van der Waals surface area contributed by atoms with Gasteiger partial charge < -0.3 is 15.3 Å². The molecule has 0 unspecified atom stereocenters. The van der Waals surface area contributed by atoms with E-state index in [4.69, 9.17) is 5.11 Å². The number of aliphatic hydroxyl groups is 2. The highest BCUT2D eigenvalue weighted by Crippen LogP contribution is 2.43. The normalized spacial score (nSPS) is 23.0. The first-order valence-corrected chi connectivity index (χ1v) is 11.5. The fraction of sp³-hybridized carbons (Fsp3) is 0.542. The number of thiophene rings is 1. The largest absolute Gasteiger partial charge is 0.481 e. The molecule has 0 bridgehead atoms. The number of unbranched alkanes of at least 4 members (excludes halogenated alkanes) is 3. The molecular weight excluding hydrogens is 384 g/mol. The Morgan fingerprint density at radius 1 is 1.17 bits per heavy atom. The number of carboxylic acid groups (broad SMARTS) is 1. The average molecular weight is 417 g/mol. The summed E-state index contributed by atoms with van der Waals surface area (Å²) < 4.78 is 1.20. The fourth-order valence-electron chi connectivity index (χ4n) is 4.61. The molecule has 1 aliphatic rings. The lowest BCUT2D eigenvalue weighted by molar-refractivity contribution is -0.137. The maximum Gasteiger partial charge on any atom is 0.303 e. The van der Waals surface area contributed by atoms with E-state index in [9.17, 15) is 15.0 Å². The molecule has 158 valence electrons. The van der Waals surface area contributed by atoms with E-state index in [1.54, 1.807) is 11.3 Å². The summed E-state index contributed by atoms with van der Waals surface area (Å²) in [5, 5.41) is 31.1. The Balaban J connectivity index is 1.49. The van der Waals surface area contributed by atoms with Gasteiger partial charge in [-0.05, 0) is 61.5 Å². The lowest BCUT2D eigenvalue weighted by Crippen LogP contribution is -2.20. The highest BCUT2D eigenvalue weighted by atomic mass is 32.1. The van der Waals surface area contributed by atoms with Gasteiger partial charge in [0.1, 0.15) is 0 Å². The van der Waals surface area contributed by atoms with Crippen LogP contribution in [-0.4, -0.2) is 27.4 Å². The number of carboxylic acids is 1. The molecule has 3 N–H and O–H groups in total. The summed E-state index contributed by atoms with van der Waals surface area (Å²) in [6, 6.07) is 10.3. The van der Waals surface area contributed by atoms with Gasteiger partial charge in [0.25, 0.3) is 0 Å². The van der Waals surface area contributed by atoms with Crippen molar-refractivity contribution in [1.82, 2.24) is 0 Å². The quantitative estimate of drug-likeness (QED) is 0.325. The molecule has 4 nitrogen and oxygen atoms in total. The predicted octanol–water partition coefficient (Wildman–Crippen LogP) is 5.69. The number of rotatable bonds is 11. The maximum absolute atomic E-state index is 10.7. The summed E-state index contributed by atoms with van der Waals surface area (Å²) in [7, 11) is 0. The van der Waals surface area contributed by atoms with Crippen LogP contribution in [0.4, 0.5) is 0 Å². The first-order valence-electron chi connectivity index (χ1n) is 10.7. The molecule has 2 aromatic rings. The average Bonchev–Trinajstić information content (AvgIpc) is 3.23. The van der Waals surface area contributed by atoms with E-state index >= 15 is 0 Å². The van der Waals surface area contributed by atoms with Crippen molar-refractivity contribution in [2.24, 2.45) is 11.8 Å². The Hall–Kier alpha value is -1.69. The highest BCUT2D eigenvalue weighted by Gasteiger charge is 2.37. The third-order valence-electron chi connectivity index (χ3n) is 6.21. The minimum atomic E-state index is -0.732. The zero-order chi connectivity index (χ0) is 20.8. The molecule has 0 amide bonds. The van der Waals surface area contributed by atoms with E-state index < -0.39 is 12.1 Å². The smallest absolute Gasteiger partial charge is 0.303 e. The van der Waals surface area contributed by atoms with Crippen LogP contribution in [0.5, 0.6) is 0 Å². The molecular formula is C24H32O4S. The highest BCUT2D eigenvalue weighted by molar-refractivity contribution is 7.19. The van der Waals surface area contributed by atoms with E-state index in [0.29, 0.717) is 12.8 Å². The van der Waals surface area contributed by atoms with E-state index in [2.05, 4.69) is 24.8 Å². The zero-order valence-corrected chi connectivity index (χ0v) is 17.7. The summed E-state index contributed by atoms with van der Waals surface area (Å²) in [5.41, 5.74) is 1.11. The summed E-state index contributed by atoms with van der Waals surface area (Å²) in [4.78, 5) is 11.6. The summed E-state index contributed by atoms with van der Waals surface area (Å²) in [5.74, 6) is -0.269. The minimum absolute atomic E-state index is 0.205. The zero-order valence-electron chi connectivity index (χ0n) is 16.9. The molecule has 1 saturated carbocycles. The van der Waals surface area contributed by atoms with E-state index in [1.165, 1.54) is 10.1 Å². The monoisotopic (exact) mass is 416 g/mol. The van der Waals surface area contributed by atoms with Crippen molar-refractivity contribution in [3.63, 3.8) is 0 Å². The van der Waals surface area contributed by atoms with Gasteiger partial charge in [-0.3, -0.25) is 4.79 Å². The topological polar surface area (TPSA) is 77.8 Å². The molecule has 0 saturated heterocycles. The van der Waals surface area contributed by atoms with Crippen molar-refractivity contribution in [2.45, 2.75) is 70.0 Å². The lowest BCUT2D eigenvalue weighted by Gasteiger charge is -2.23. The number of benzene rings is 1. The number of aliphatic carboxylic acids is 1. The van der Waals surface area contributed by atoms with Gasteiger partial charge in [0.15, 0.2) is 0 Å². The van der Waals surface area contributed by atoms with Crippen LogP contribution >= 0.6 is 11.3 Å². The van der Waals surface area contributed by atoms with E-state index in [-0.39, 0.29) is 24.4 Å². The Bertz CT molecular complexity index is 794. The number of aliphatic hydroxyl groups excluding tert-OH is 2. The van der Waals surface area contributed by atoms with Crippen LogP contribution in [0, 0.1) is 11.8 Å². The molecule has 1 aromatic carbocycles. The van der Waals surface area contributed by atoms with Gasteiger partial charge in [0.2, 0.25) is 0 Å². The summed E-state index contributed by atoms with van der Waals surface area (Å²) in [6.45, 7) is 4.19. The van der Waals surface area contributed by atoms with Gasteiger partial charge in [-0.2, -0.15) is 0 Å². The SMILES string of the molecule is C=C1C[C@@H](O)[C@H](CCCCCCC(=O)O)[C@H]1CC[C@@H](O)c1cc2ccccc2s1. The van der Waals surface area contributed by atoms with Crippen LogP contribution in [0.3, 0.4) is 0 Å². The number of hydrogen-bond donors (Lipinski definition) is 3. The van der Waals surface area contributed by atoms with Gasteiger partial charge >= 0.3 is 5.97 Å². The molecule has 3 rings (SSSR count). The number of fused-ring (bicyclic) bond motifs is 1. The van der Waals surface area contributed by atoms with Gasteiger partial charge in [-0.1, -0.05) is 49.6 Å². The second kappa shape index (κ2) is 10.4. The van der Waals surface area contributed by atoms with Crippen molar-refractivity contribution < 1.29 is 20.1 Å². The lowest BCUT2D eigenvalue weighted by atomic mass is 9.84. The Morgan fingerprint density at radius 2 is 1.93 bits per heavy atom. The van der Waals surface area contributed by atoms with E-state index in [1.807, 2.05) is 12.1 Å². The number of carbonyl (C=O) groups is 1. The first-order chi connectivity index (χ1) is 14.0. The van der Waals surface area contributed by atoms with Gasteiger partial charge in [0, 0.05) is 16.0 Å². The second-order valence-electron chi connectivity index (χ2n) is 8.33. The standard InChI is InChI=1S/C24H32O4S/c1-16-14-21(26)19(9-4-2-3-5-11-24(27)28)18(16)12-13-20(25)23-15-17-8-6-7-10-22(17)29-23/h6-8,10,15,18-21,25-26H,1-5,9,11-14H2,(H,27,28)/t18-,19+,20+,21+/m0/s1. The third-order valence-corrected chi connectivity index (χ3v) is 7.43. The number of hydrogen-bond acceptors (Lipinski definition) is 4. The van der Waals surface area contributed by atoms with Crippen LogP contribution in [0.15, 0.2) is 42.5 Å². The van der Waals surface area contributed by atoms with Crippen LogP contribution in [-0.2, 0) is 4.79 Å². The van der Waals surface area contributed by atoms with Crippen LogP contribution in [0.25, 0.3) is 10.1 Å². The minimum Gasteiger partial charge on any atom is -0.481 e. The van der Waals surface area contributed by atoms with Crippen molar-refractivity contribution in [3.05, 3.63) is 47.4 Å². The molecule has 5 heteroatoms. The summed E-state index contributed by atoms with van der Waals surface area (Å²) >= 11 is 1.65. The molecule has 0 spiro atoms. The second-order valence-corrected chi connectivity index (χ2v) is 9.44. The fourth-order valence-corrected chi connectivity index (χ4v) is 5.70. The van der Waals surface area contributed by atoms with Crippen LogP contribution in [0.1, 0.15) is 68.8 Å². The van der Waals surface area contributed by atoms with Gasteiger partial charge in [0.05, 0.1) is 12.2 Å². The molecule has 1 fully saturated rings. The molecule has 4 atom stereocenters. The molecule has 1 aliphatic carbocycles. The molecule has 0 aliphatic heterocycles. The maximum atomic E-state index is 10.7. The molecule has 29 heavy (non-hydrogen) atoms. The summed E-state index contributed by atoms with van der Waals surface area (Å²) in [6.07, 6.45) is 6.19. The third kappa shape index (κ3) is 5.91. The molecule has 1 heterocycles. The van der Waals surface area contributed by atoms with Crippen molar-refractivity contribution in [3.8, 4) is 0 Å². The Labute approximate surface area is 176 Å². The van der Waals surface area contributed by atoms with Gasteiger partial charge in [-0.25, -0.2) is 0 Å². The Kier molecular flexibility index (Phi) is 7.87. The first kappa shape index (κ1) is 22.0. The van der Waals surface area contributed by atoms with Crippen molar-refractivity contribution >= 4 is 27.4 Å². The van der Waals surface area contributed by atoms with Crippen LogP contribution in [0.2, 0.25) is 0 Å². The predicted molar refractivity (Wildman–Crippen MR) is 118 cm³/mol. The Morgan fingerprint density at radius 3 is 2.69 bits per heavy atom. The molecule has 1 aromatic heterocycles. The van der Waals surface area contributed by atoms with Crippen molar-refractivity contribution in [1.29, 1.82) is 0 Å². The molecule has 0 radical (unpaired) electrons. The van der Waals surface area contributed by atoms with E-state index in [0.717, 1.165) is 49.0 Å².